The third kappa shape index (κ3) is 2.00. The molecule has 0 bridgehead atoms. The first-order chi connectivity index (χ1) is 8.79. The number of nitrogens with one attached hydrogen (secondary N) is 1. The van der Waals surface area contributed by atoms with Crippen molar-refractivity contribution < 1.29 is 0 Å². The van der Waals surface area contributed by atoms with E-state index < -0.39 is 0 Å². The quantitative estimate of drug-likeness (QED) is 0.863. The number of fused-ring (bicyclic) bond motifs is 1. The van der Waals surface area contributed by atoms with E-state index in [-0.39, 0.29) is 0 Å². The molecule has 0 saturated carbocycles. The fourth-order valence-corrected chi connectivity index (χ4v) is 3.81. The largest absolute Gasteiger partial charge is 0.310 e. The SMILES string of the molecule is CCNC1CCc2cc(-c3sccc3C)ccc21. The van der Waals surface area contributed by atoms with Crippen LogP contribution in [0.3, 0.4) is 0 Å². The minimum absolute atomic E-state index is 0.573. The predicted octanol–water partition coefficient (Wildman–Crippen LogP) is 4.32. The van der Waals surface area contributed by atoms with Crippen molar-refractivity contribution in [2.24, 2.45) is 0 Å². The number of rotatable bonds is 3. The molecule has 2 heteroatoms. The highest BCUT2D eigenvalue weighted by Gasteiger charge is 2.21. The van der Waals surface area contributed by atoms with Crippen molar-refractivity contribution in [1.82, 2.24) is 5.32 Å². The summed E-state index contributed by atoms with van der Waals surface area (Å²) in [4.78, 5) is 1.42. The van der Waals surface area contributed by atoms with Crippen molar-refractivity contribution in [3.05, 3.63) is 46.3 Å². The molecule has 0 fully saturated rings. The van der Waals surface area contributed by atoms with Crippen LogP contribution in [0.1, 0.15) is 36.1 Å². The molecule has 0 radical (unpaired) electrons. The average molecular weight is 257 g/mol. The molecule has 1 aromatic heterocycles. The summed E-state index contributed by atoms with van der Waals surface area (Å²) < 4.78 is 0. The lowest BCUT2D eigenvalue weighted by Crippen LogP contribution is -2.18. The van der Waals surface area contributed by atoms with E-state index in [4.69, 9.17) is 0 Å². The highest BCUT2D eigenvalue weighted by Crippen LogP contribution is 2.36. The van der Waals surface area contributed by atoms with Gasteiger partial charge in [0.2, 0.25) is 0 Å². The van der Waals surface area contributed by atoms with Gasteiger partial charge in [0.15, 0.2) is 0 Å². The van der Waals surface area contributed by atoms with Gasteiger partial charge in [-0.1, -0.05) is 19.1 Å². The van der Waals surface area contributed by atoms with E-state index in [2.05, 4.69) is 48.8 Å². The Labute approximate surface area is 113 Å². The van der Waals surface area contributed by atoms with E-state index in [0.717, 1.165) is 6.54 Å². The second kappa shape index (κ2) is 4.87. The van der Waals surface area contributed by atoms with Crippen LogP contribution >= 0.6 is 11.3 Å². The summed E-state index contributed by atoms with van der Waals surface area (Å²) >= 11 is 1.84. The summed E-state index contributed by atoms with van der Waals surface area (Å²) in [5.41, 5.74) is 5.82. The third-order valence-electron chi connectivity index (χ3n) is 3.80. The van der Waals surface area contributed by atoms with Gasteiger partial charge in [0, 0.05) is 10.9 Å². The van der Waals surface area contributed by atoms with Crippen molar-refractivity contribution >= 4 is 11.3 Å². The highest BCUT2D eigenvalue weighted by atomic mass is 32.1. The predicted molar refractivity (Wildman–Crippen MR) is 79.2 cm³/mol. The molecule has 1 heterocycles. The molecule has 1 atom stereocenters. The Morgan fingerprint density at radius 2 is 2.22 bits per heavy atom. The third-order valence-corrected chi connectivity index (χ3v) is 4.86. The van der Waals surface area contributed by atoms with Gasteiger partial charge in [0.05, 0.1) is 0 Å². The van der Waals surface area contributed by atoms with Crippen LogP contribution in [0.4, 0.5) is 0 Å². The van der Waals surface area contributed by atoms with Gasteiger partial charge in [-0.15, -0.1) is 11.3 Å². The fourth-order valence-electron chi connectivity index (χ4n) is 2.89. The first kappa shape index (κ1) is 11.9. The summed E-state index contributed by atoms with van der Waals surface area (Å²) in [6.07, 6.45) is 2.46. The molecule has 0 spiro atoms. The van der Waals surface area contributed by atoms with Crippen LogP contribution in [0.5, 0.6) is 0 Å². The molecule has 1 unspecified atom stereocenters. The Kier molecular flexibility index (Phi) is 3.23. The van der Waals surface area contributed by atoms with Gasteiger partial charge in [0.1, 0.15) is 0 Å². The zero-order chi connectivity index (χ0) is 12.5. The Bertz CT molecular complexity index is 556. The normalized spacial score (nSPS) is 18.0. The van der Waals surface area contributed by atoms with E-state index in [9.17, 15) is 0 Å². The Balaban J connectivity index is 1.96. The number of aryl methyl sites for hydroxylation is 2. The minimum atomic E-state index is 0.573. The van der Waals surface area contributed by atoms with Crippen LogP contribution in [0.15, 0.2) is 29.6 Å². The van der Waals surface area contributed by atoms with Gasteiger partial charge in [-0.2, -0.15) is 0 Å². The molecule has 1 aliphatic carbocycles. The van der Waals surface area contributed by atoms with Gasteiger partial charge in [0.25, 0.3) is 0 Å². The van der Waals surface area contributed by atoms with Gasteiger partial charge >= 0.3 is 0 Å². The molecule has 0 amide bonds. The summed E-state index contributed by atoms with van der Waals surface area (Å²) in [7, 11) is 0. The van der Waals surface area contributed by atoms with Gasteiger partial charge < -0.3 is 5.32 Å². The topological polar surface area (TPSA) is 12.0 Å². The molecule has 1 aliphatic rings. The van der Waals surface area contributed by atoms with Crippen LogP contribution in [-0.4, -0.2) is 6.54 Å². The molecule has 0 saturated heterocycles. The monoisotopic (exact) mass is 257 g/mol. The van der Waals surface area contributed by atoms with Gasteiger partial charge in [-0.25, -0.2) is 0 Å². The fraction of sp³-hybridized carbons (Fsp3) is 0.375. The molecular weight excluding hydrogens is 238 g/mol. The maximum atomic E-state index is 3.57. The van der Waals surface area contributed by atoms with Crippen LogP contribution in [0, 0.1) is 6.92 Å². The summed E-state index contributed by atoms with van der Waals surface area (Å²) in [5, 5.41) is 5.75. The lowest BCUT2D eigenvalue weighted by atomic mass is 10.0. The van der Waals surface area contributed by atoms with E-state index >= 15 is 0 Å². The number of hydrogen-bond donors (Lipinski definition) is 1. The van der Waals surface area contributed by atoms with E-state index in [1.165, 1.54) is 40.0 Å². The number of thiophene rings is 1. The Morgan fingerprint density at radius 1 is 1.33 bits per heavy atom. The molecule has 1 N–H and O–H groups in total. The maximum absolute atomic E-state index is 3.57. The van der Waals surface area contributed by atoms with E-state index in [1.807, 2.05) is 11.3 Å². The number of hydrogen-bond acceptors (Lipinski definition) is 2. The van der Waals surface area contributed by atoms with Crippen molar-refractivity contribution in [1.29, 1.82) is 0 Å². The molecule has 1 aromatic carbocycles. The van der Waals surface area contributed by atoms with Crippen molar-refractivity contribution in [2.45, 2.75) is 32.7 Å². The van der Waals surface area contributed by atoms with E-state index in [1.54, 1.807) is 0 Å². The average Bonchev–Trinajstić information content (AvgIpc) is 2.96. The maximum Gasteiger partial charge on any atom is 0.0371 e. The van der Waals surface area contributed by atoms with E-state index in [0.29, 0.717) is 6.04 Å². The Morgan fingerprint density at radius 3 is 2.94 bits per heavy atom. The molecule has 94 valence electrons. The van der Waals surface area contributed by atoms with Crippen molar-refractivity contribution in [3.8, 4) is 10.4 Å². The molecule has 0 aliphatic heterocycles. The summed E-state index contributed by atoms with van der Waals surface area (Å²) in [5.74, 6) is 0. The van der Waals surface area contributed by atoms with Gasteiger partial charge in [-0.05, 0) is 66.1 Å². The number of benzene rings is 1. The molecule has 3 rings (SSSR count). The molecular formula is C16H19NS. The molecule has 2 aromatic rings. The van der Waals surface area contributed by atoms with Crippen LogP contribution in [0.2, 0.25) is 0 Å². The second-order valence-corrected chi connectivity index (χ2v) is 5.91. The van der Waals surface area contributed by atoms with Crippen LogP contribution in [-0.2, 0) is 6.42 Å². The lowest BCUT2D eigenvalue weighted by Gasteiger charge is -2.12. The van der Waals surface area contributed by atoms with Crippen molar-refractivity contribution in [2.75, 3.05) is 6.54 Å². The van der Waals surface area contributed by atoms with Gasteiger partial charge in [-0.3, -0.25) is 0 Å². The Hall–Kier alpha value is -1.12. The second-order valence-electron chi connectivity index (χ2n) is 5.00. The van der Waals surface area contributed by atoms with Crippen LogP contribution in [0.25, 0.3) is 10.4 Å². The summed E-state index contributed by atoms with van der Waals surface area (Å²) in [6, 6.07) is 9.78. The minimum Gasteiger partial charge on any atom is -0.310 e. The first-order valence-electron chi connectivity index (χ1n) is 6.70. The first-order valence-corrected chi connectivity index (χ1v) is 7.58. The molecule has 18 heavy (non-hydrogen) atoms. The lowest BCUT2D eigenvalue weighted by molar-refractivity contribution is 0.549. The van der Waals surface area contributed by atoms with Crippen LogP contribution < -0.4 is 5.32 Å². The smallest absolute Gasteiger partial charge is 0.0371 e. The summed E-state index contributed by atoms with van der Waals surface area (Å²) in [6.45, 7) is 5.43. The zero-order valence-electron chi connectivity index (χ0n) is 11.0. The molecule has 1 nitrogen and oxygen atoms in total. The highest BCUT2D eigenvalue weighted by molar-refractivity contribution is 7.13. The standard InChI is InChI=1S/C16H19NS/c1-3-17-15-7-5-12-10-13(4-6-14(12)15)16-11(2)8-9-18-16/h4,6,8-10,15,17H,3,5,7H2,1-2H3. The van der Waals surface area contributed by atoms with Crippen molar-refractivity contribution in [3.63, 3.8) is 0 Å². The zero-order valence-corrected chi connectivity index (χ0v) is 11.8.